The third-order valence-electron chi connectivity index (χ3n) is 3.99. The van der Waals surface area contributed by atoms with Gasteiger partial charge in [-0.05, 0) is 31.6 Å². The predicted molar refractivity (Wildman–Crippen MR) is 58.8 cm³/mol. The third-order valence-corrected chi connectivity index (χ3v) is 3.99. The zero-order valence-corrected chi connectivity index (χ0v) is 9.46. The van der Waals surface area contributed by atoms with E-state index in [2.05, 4.69) is 12.2 Å². The van der Waals surface area contributed by atoms with E-state index < -0.39 is 11.5 Å². The van der Waals surface area contributed by atoms with Crippen molar-refractivity contribution >= 4 is 5.97 Å². The average Bonchev–Trinajstić information content (AvgIpc) is 2.11. The molecule has 0 aromatic carbocycles. The second-order valence-electron chi connectivity index (χ2n) is 5.36. The summed E-state index contributed by atoms with van der Waals surface area (Å²) in [6.45, 7) is 2.17. The molecule has 86 valence electrons. The van der Waals surface area contributed by atoms with Gasteiger partial charge in [0, 0.05) is 6.04 Å². The Bertz CT molecular complexity index is 250. The van der Waals surface area contributed by atoms with E-state index in [1.54, 1.807) is 0 Å². The van der Waals surface area contributed by atoms with E-state index in [0.717, 1.165) is 32.1 Å². The smallest absolute Gasteiger partial charge is 0.323 e. The van der Waals surface area contributed by atoms with Gasteiger partial charge in [0.2, 0.25) is 0 Å². The van der Waals surface area contributed by atoms with Crippen molar-refractivity contribution in [1.29, 1.82) is 0 Å². The van der Waals surface area contributed by atoms with Gasteiger partial charge in [-0.1, -0.05) is 26.2 Å². The second kappa shape index (κ2) is 4.12. The summed E-state index contributed by atoms with van der Waals surface area (Å²) < 4.78 is 0. The molecule has 0 aromatic rings. The summed E-state index contributed by atoms with van der Waals surface area (Å²) in [7, 11) is 0. The first-order chi connectivity index (χ1) is 7.12. The fraction of sp³-hybridized carbons (Fsp3) is 0.917. The van der Waals surface area contributed by atoms with Crippen molar-refractivity contribution in [3.05, 3.63) is 0 Å². The van der Waals surface area contributed by atoms with Gasteiger partial charge in [0.05, 0.1) is 0 Å². The van der Waals surface area contributed by atoms with Gasteiger partial charge in [0.15, 0.2) is 0 Å². The van der Waals surface area contributed by atoms with Crippen LogP contribution >= 0.6 is 0 Å². The molecule has 3 heteroatoms. The summed E-state index contributed by atoms with van der Waals surface area (Å²) in [6, 6.07) is 0.464. The fourth-order valence-corrected chi connectivity index (χ4v) is 2.88. The normalized spacial score (nSPS) is 37.3. The molecule has 2 aliphatic rings. The molecule has 2 unspecified atom stereocenters. The third kappa shape index (κ3) is 2.17. The van der Waals surface area contributed by atoms with Crippen LogP contribution in [0.3, 0.4) is 0 Å². The van der Waals surface area contributed by atoms with E-state index in [9.17, 15) is 9.90 Å². The van der Waals surface area contributed by atoms with E-state index in [1.807, 2.05) is 0 Å². The number of hydrogen-bond acceptors (Lipinski definition) is 2. The Kier molecular flexibility index (Phi) is 3.01. The van der Waals surface area contributed by atoms with Crippen LogP contribution < -0.4 is 5.32 Å². The summed E-state index contributed by atoms with van der Waals surface area (Å²) in [5.74, 6) is -0.0941. The molecular formula is C12H21NO2. The Labute approximate surface area is 91.2 Å². The van der Waals surface area contributed by atoms with Crippen molar-refractivity contribution in [2.75, 3.05) is 0 Å². The highest BCUT2D eigenvalue weighted by Crippen LogP contribution is 2.34. The van der Waals surface area contributed by atoms with Crippen molar-refractivity contribution in [3.63, 3.8) is 0 Å². The lowest BCUT2D eigenvalue weighted by molar-refractivity contribution is -0.148. The van der Waals surface area contributed by atoms with Crippen LogP contribution in [0.25, 0.3) is 0 Å². The molecule has 2 rings (SSSR count). The Balaban J connectivity index is 2.04. The molecular weight excluding hydrogens is 190 g/mol. The van der Waals surface area contributed by atoms with Gasteiger partial charge in [0.1, 0.15) is 5.54 Å². The van der Waals surface area contributed by atoms with E-state index in [4.69, 9.17) is 0 Å². The molecule has 0 radical (unpaired) electrons. The minimum atomic E-state index is -0.638. The van der Waals surface area contributed by atoms with Gasteiger partial charge in [-0.3, -0.25) is 10.1 Å². The second-order valence-corrected chi connectivity index (χ2v) is 5.36. The number of carboxylic acids is 1. The van der Waals surface area contributed by atoms with E-state index in [1.165, 1.54) is 12.8 Å². The van der Waals surface area contributed by atoms with Crippen LogP contribution in [0.1, 0.15) is 51.9 Å². The van der Waals surface area contributed by atoms with Gasteiger partial charge in [-0.15, -0.1) is 0 Å². The van der Waals surface area contributed by atoms with Crippen molar-refractivity contribution in [2.24, 2.45) is 5.92 Å². The molecule has 0 heterocycles. The summed E-state index contributed by atoms with van der Waals surface area (Å²) in [4.78, 5) is 11.4. The fourth-order valence-electron chi connectivity index (χ4n) is 2.88. The van der Waals surface area contributed by atoms with E-state index in [-0.39, 0.29) is 0 Å². The maximum absolute atomic E-state index is 11.4. The number of carboxylic acid groups (broad SMARTS) is 1. The summed E-state index contributed by atoms with van der Waals surface area (Å²) in [5, 5.41) is 12.8. The number of nitrogens with one attached hydrogen (secondary N) is 1. The minimum Gasteiger partial charge on any atom is -0.480 e. The van der Waals surface area contributed by atoms with E-state index in [0.29, 0.717) is 12.0 Å². The summed E-state index contributed by atoms with van der Waals surface area (Å²) in [5.41, 5.74) is -0.608. The molecule has 0 spiro atoms. The summed E-state index contributed by atoms with van der Waals surface area (Å²) in [6.07, 6.45) is 7.41. The number of carbonyl (C=O) groups is 1. The number of aliphatic carboxylic acids is 1. The number of hydrogen-bond donors (Lipinski definition) is 2. The molecule has 2 atom stereocenters. The van der Waals surface area contributed by atoms with Crippen LogP contribution in [0.2, 0.25) is 0 Å². The van der Waals surface area contributed by atoms with Gasteiger partial charge >= 0.3 is 5.97 Å². The van der Waals surface area contributed by atoms with Crippen LogP contribution in [0, 0.1) is 5.92 Å². The van der Waals surface area contributed by atoms with Gasteiger partial charge < -0.3 is 5.11 Å². The van der Waals surface area contributed by atoms with Crippen LogP contribution in [0.4, 0.5) is 0 Å². The maximum atomic E-state index is 11.4. The SMILES string of the molecule is CC1CCCC(NC2CCC2)(C(=O)O)C1. The van der Waals surface area contributed by atoms with Crippen LogP contribution in [0.5, 0.6) is 0 Å². The minimum absolute atomic E-state index is 0.464. The van der Waals surface area contributed by atoms with Gasteiger partial charge in [0.25, 0.3) is 0 Å². The van der Waals surface area contributed by atoms with Gasteiger partial charge in [-0.2, -0.15) is 0 Å². The zero-order valence-electron chi connectivity index (χ0n) is 9.46. The Morgan fingerprint density at radius 1 is 1.33 bits per heavy atom. The average molecular weight is 211 g/mol. The van der Waals surface area contributed by atoms with Crippen molar-refractivity contribution < 1.29 is 9.90 Å². The molecule has 0 aliphatic heterocycles. The van der Waals surface area contributed by atoms with Crippen LogP contribution in [0.15, 0.2) is 0 Å². The van der Waals surface area contributed by atoms with Gasteiger partial charge in [-0.25, -0.2) is 0 Å². The Morgan fingerprint density at radius 2 is 2.07 bits per heavy atom. The highest BCUT2D eigenvalue weighted by atomic mass is 16.4. The van der Waals surface area contributed by atoms with Crippen molar-refractivity contribution in [2.45, 2.75) is 63.5 Å². The molecule has 0 saturated heterocycles. The molecule has 0 bridgehead atoms. The largest absolute Gasteiger partial charge is 0.480 e. The quantitative estimate of drug-likeness (QED) is 0.752. The Hall–Kier alpha value is -0.570. The van der Waals surface area contributed by atoms with Crippen molar-refractivity contribution in [3.8, 4) is 0 Å². The first-order valence-corrected chi connectivity index (χ1v) is 6.13. The first-order valence-electron chi connectivity index (χ1n) is 6.13. The topological polar surface area (TPSA) is 49.3 Å². The van der Waals surface area contributed by atoms with Crippen LogP contribution in [-0.2, 0) is 4.79 Å². The maximum Gasteiger partial charge on any atom is 0.323 e. The molecule has 0 amide bonds. The molecule has 2 aliphatic carbocycles. The lowest BCUT2D eigenvalue weighted by Gasteiger charge is -2.42. The molecule has 2 N–H and O–H groups in total. The monoisotopic (exact) mass is 211 g/mol. The Morgan fingerprint density at radius 3 is 2.53 bits per heavy atom. The number of rotatable bonds is 3. The molecule has 2 saturated carbocycles. The highest BCUT2D eigenvalue weighted by molar-refractivity contribution is 5.79. The lowest BCUT2D eigenvalue weighted by atomic mass is 9.75. The summed E-state index contributed by atoms with van der Waals surface area (Å²) >= 11 is 0. The lowest BCUT2D eigenvalue weighted by Crippen LogP contribution is -2.59. The van der Waals surface area contributed by atoms with Crippen molar-refractivity contribution in [1.82, 2.24) is 5.32 Å². The molecule has 15 heavy (non-hydrogen) atoms. The van der Waals surface area contributed by atoms with Crippen LogP contribution in [-0.4, -0.2) is 22.7 Å². The molecule has 2 fully saturated rings. The standard InChI is InChI=1S/C12H21NO2/c1-9-4-3-7-12(8-9,11(14)15)13-10-5-2-6-10/h9-10,13H,2-8H2,1H3,(H,14,15). The highest BCUT2D eigenvalue weighted by Gasteiger charge is 2.43. The molecule has 0 aromatic heterocycles. The molecule has 3 nitrogen and oxygen atoms in total. The first kappa shape index (κ1) is 10.9. The zero-order chi connectivity index (χ0) is 10.9. The van der Waals surface area contributed by atoms with E-state index >= 15 is 0 Å². The predicted octanol–water partition coefficient (Wildman–Crippen LogP) is 2.16.